The van der Waals surface area contributed by atoms with Gasteiger partial charge in [0.25, 0.3) is 11.7 Å². The minimum atomic E-state index is -3.63. The topological polar surface area (TPSA) is 118 Å². The number of sulfonamides is 1. The van der Waals surface area contributed by atoms with Crippen LogP contribution in [0.3, 0.4) is 0 Å². The number of aryl methyl sites for hydroxylation is 1. The van der Waals surface area contributed by atoms with Gasteiger partial charge in [-0.2, -0.15) is 4.98 Å². The average Bonchev–Trinajstić information content (AvgIpc) is 3.50. The van der Waals surface area contributed by atoms with Gasteiger partial charge in [-0.1, -0.05) is 6.42 Å². The smallest absolute Gasteiger partial charge is 0.295 e. The predicted octanol–water partition coefficient (Wildman–Crippen LogP) is 2.79. The first-order chi connectivity index (χ1) is 15.3. The summed E-state index contributed by atoms with van der Waals surface area (Å²) in [7, 11) is -3.63. The van der Waals surface area contributed by atoms with Crippen molar-refractivity contribution >= 4 is 27.4 Å². The van der Waals surface area contributed by atoms with E-state index in [1.54, 1.807) is 24.4 Å². The maximum Gasteiger partial charge on any atom is 0.295 e. The molecule has 2 bridgehead atoms. The highest BCUT2D eigenvalue weighted by atomic mass is 32.2. The van der Waals surface area contributed by atoms with E-state index in [9.17, 15) is 13.2 Å². The van der Waals surface area contributed by atoms with Crippen molar-refractivity contribution in [1.82, 2.24) is 24.3 Å². The number of fused-ring (bicyclic) bond motifs is 3. The second-order valence-electron chi connectivity index (χ2n) is 8.96. The van der Waals surface area contributed by atoms with Crippen molar-refractivity contribution in [2.45, 2.75) is 50.5 Å². The Labute approximate surface area is 186 Å². The summed E-state index contributed by atoms with van der Waals surface area (Å²) >= 11 is 0. The molecule has 9 nitrogen and oxygen atoms in total. The molecule has 32 heavy (non-hydrogen) atoms. The van der Waals surface area contributed by atoms with Crippen molar-refractivity contribution in [3.8, 4) is 0 Å². The SMILES string of the molecule is Cc1ccnc2nc(C(=O)Nc3ccc(S(=O)(=O)NC(C)C4CC5CCC4C5)cc3)nn12. The molecule has 2 aromatic heterocycles. The second kappa shape index (κ2) is 7.93. The molecule has 2 saturated carbocycles. The van der Waals surface area contributed by atoms with Gasteiger partial charge in [0.05, 0.1) is 4.90 Å². The van der Waals surface area contributed by atoms with Gasteiger partial charge in [0.15, 0.2) is 0 Å². The molecule has 2 aliphatic carbocycles. The van der Waals surface area contributed by atoms with Crippen LogP contribution in [0.25, 0.3) is 5.78 Å². The van der Waals surface area contributed by atoms with Crippen molar-refractivity contribution in [3.05, 3.63) is 48.0 Å². The van der Waals surface area contributed by atoms with E-state index in [4.69, 9.17) is 0 Å². The lowest BCUT2D eigenvalue weighted by molar-refractivity contribution is 0.101. The lowest BCUT2D eigenvalue weighted by Gasteiger charge is -2.28. The van der Waals surface area contributed by atoms with E-state index in [1.165, 1.54) is 35.9 Å². The van der Waals surface area contributed by atoms with Gasteiger partial charge in [-0.05, 0) is 81.2 Å². The lowest BCUT2D eigenvalue weighted by atomic mass is 9.84. The number of hydrogen-bond donors (Lipinski definition) is 2. The molecule has 1 aromatic carbocycles. The molecule has 4 unspecified atom stereocenters. The van der Waals surface area contributed by atoms with E-state index >= 15 is 0 Å². The fourth-order valence-corrected chi connectivity index (χ4v) is 6.51. The predicted molar refractivity (Wildman–Crippen MR) is 119 cm³/mol. The third-order valence-electron chi connectivity index (χ3n) is 6.83. The number of nitrogens with zero attached hydrogens (tertiary/aromatic N) is 4. The fraction of sp³-hybridized carbons (Fsp3) is 0.455. The summed E-state index contributed by atoms with van der Waals surface area (Å²) < 4.78 is 30.1. The van der Waals surface area contributed by atoms with E-state index in [0.29, 0.717) is 23.3 Å². The Morgan fingerprint density at radius 3 is 2.59 bits per heavy atom. The number of nitrogens with one attached hydrogen (secondary N) is 2. The monoisotopic (exact) mass is 454 g/mol. The van der Waals surface area contributed by atoms with Gasteiger partial charge in [-0.3, -0.25) is 4.79 Å². The van der Waals surface area contributed by atoms with Gasteiger partial charge in [-0.25, -0.2) is 22.6 Å². The molecule has 1 amide bonds. The molecule has 2 N–H and O–H groups in total. The number of anilines is 1. The molecule has 10 heteroatoms. The molecule has 4 atom stereocenters. The molecule has 0 spiro atoms. The zero-order chi connectivity index (χ0) is 22.5. The van der Waals surface area contributed by atoms with Crippen LogP contribution >= 0.6 is 0 Å². The molecule has 2 heterocycles. The summed E-state index contributed by atoms with van der Waals surface area (Å²) in [5.74, 6) is 1.66. The highest BCUT2D eigenvalue weighted by Gasteiger charge is 2.42. The highest BCUT2D eigenvalue weighted by molar-refractivity contribution is 7.89. The molecule has 0 aliphatic heterocycles. The molecule has 5 rings (SSSR count). The molecular formula is C22H26N6O3S. The van der Waals surface area contributed by atoms with Crippen molar-refractivity contribution < 1.29 is 13.2 Å². The third kappa shape index (κ3) is 3.88. The van der Waals surface area contributed by atoms with Crippen LogP contribution in [-0.4, -0.2) is 39.9 Å². The van der Waals surface area contributed by atoms with Crippen LogP contribution in [0.4, 0.5) is 5.69 Å². The number of rotatable bonds is 6. The summed E-state index contributed by atoms with van der Waals surface area (Å²) in [5.41, 5.74) is 1.27. The van der Waals surface area contributed by atoms with Crippen LogP contribution in [0.2, 0.25) is 0 Å². The van der Waals surface area contributed by atoms with E-state index in [1.807, 2.05) is 13.8 Å². The number of amides is 1. The van der Waals surface area contributed by atoms with Gasteiger partial charge < -0.3 is 5.32 Å². The Morgan fingerprint density at radius 1 is 1.16 bits per heavy atom. The molecular weight excluding hydrogens is 428 g/mol. The van der Waals surface area contributed by atoms with Crippen molar-refractivity contribution in [3.63, 3.8) is 0 Å². The normalized spacial score (nSPS) is 23.5. The van der Waals surface area contributed by atoms with E-state index < -0.39 is 15.9 Å². The fourth-order valence-electron chi connectivity index (χ4n) is 5.21. The Balaban J connectivity index is 1.25. The number of hydrogen-bond acceptors (Lipinski definition) is 6. The van der Waals surface area contributed by atoms with Gasteiger partial charge in [0.2, 0.25) is 15.8 Å². The summed E-state index contributed by atoms with van der Waals surface area (Å²) in [5, 5.41) is 6.88. The second-order valence-corrected chi connectivity index (χ2v) is 10.7. The summed E-state index contributed by atoms with van der Waals surface area (Å²) in [6.07, 6.45) is 6.46. The average molecular weight is 455 g/mol. The van der Waals surface area contributed by atoms with Gasteiger partial charge >= 0.3 is 0 Å². The maximum absolute atomic E-state index is 12.9. The first kappa shape index (κ1) is 21.0. The Bertz CT molecular complexity index is 1270. The zero-order valence-electron chi connectivity index (χ0n) is 18.0. The highest BCUT2D eigenvalue weighted by Crippen LogP contribution is 2.49. The molecule has 0 radical (unpaired) electrons. The van der Waals surface area contributed by atoms with Crippen LogP contribution in [-0.2, 0) is 10.0 Å². The first-order valence-electron chi connectivity index (χ1n) is 10.9. The lowest BCUT2D eigenvalue weighted by Crippen LogP contribution is -2.40. The number of aromatic nitrogens is 4. The summed E-state index contributed by atoms with van der Waals surface area (Å²) in [6.45, 7) is 3.81. The minimum Gasteiger partial charge on any atom is -0.319 e. The van der Waals surface area contributed by atoms with Crippen LogP contribution < -0.4 is 10.0 Å². The van der Waals surface area contributed by atoms with Crippen LogP contribution in [0, 0.1) is 24.7 Å². The van der Waals surface area contributed by atoms with E-state index in [0.717, 1.165) is 18.0 Å². The number of benzene rings is 1. The van der Waals surface area contributed by atoms with Crippen molar-refractivity contribution in [1.29, 1.82) is 0 Å². The Kier molecular flexibility index (Phi) is 5.21. The van der Waals surface area contributed by atoms with Crippen molar-refractivity contribution in [2.24, 2.45) is 17.8 Å². The van der Waals surface area contributed by atoms with Crippen LogP contribution in [0.5, 0.6) is 0 Å². The number of carbonyl (C=O) groups is 1. The summed E-state index contributed by atoms with van der Waals surface area (Å²) in [6, 6.07) is 7.80. The first-order valence-corrected chi connectivity index (χ1v) is 12.4. The largest absolute Gasteiger partial charge is 0.319 e. The van der Waals surface area contributed by atoms with Crippen LogP contribution in [0.1, 0.15) is 48.9 Å². The Hall–Kier alpha value is -2.85. The Morgan fingerprint density at radius 2 is 1.94 bits per heavy atom. The van der Waals surface area contributed by atoms with Crippen LogP contribution in [0.15, 0.2) is 41.4 Å². The zero-order valence-corrected chi connectivity index (χ0v) is 18.8. The molecule has 168 valence electrons. The molecule has 0 saturated heterocycles. The minimum absolute atomic E-state index is 0.00940. The van der Waals surface area contributed by atoms with Crippen molar-refractivity contribution in [2.75, 3.05) is 5.32 Å². The third-order valence-corrected chi connectivity index (χ3v) is 8.41. The maximum atomic E-state index is 12.9. The van der Waals surface area contributed by atoms with E-state index in [-0.39, 0.29) is 16.8 Å². The quantitative estimate of drug-likeness (QED) is 0.591. The van der Waals surface area contributed by atoms with Gasteiger partial charge in [-0.15, -0.1) is 5.10 Å². The van der Waals surface area contributed by atoms with E-state index in [2.05, 4.69) is 25.1 Å². The molecule has 3 aromatic rings. The molecule has 2 aliphatic rings. The molecule has 2 fully saturated rings. The summed E-state index contributed by atoms with van der Waals surface area (Å²) in [4.78, 5) is 20.9. The number of carbonyl (C=O) groups excluding carboxylic acids is 1. The standard InChI is InChI=1S/C22H26N6O3S/c1-13-9-10-23-22-25-20(26-28(13)22)21(29)24-17-5-7-18(8-6-17)32(30,31)27-14(2)19-12-15-3-4-16(19)11-15/h5-10,14-16,19,27H,3-4,11-12H2,1-2H3,(H,24,29). The van der Waals surface area contributed by atoms with Gasteiger partial charge in [0, 0.05) is 23.6 Å². The van der Waals surface area contributed by atoms with Gasteiger partial charge in [0.1, 0.15) is 0 Å².